The highest BCUT2D eigenvalue weighted by Crippen LogP contribution is 2.16. The zero-order chi connectivity index (χ0) is 18.7. The maximum Gasteiger partial charge on any atom is 0.306 e. The maximum absolute atomic E-state index is 13.1. The topological polar surface area (TPSA) is 57.7 Å². The summed E-state index contributed by atoms with van der Waals surface area (Å²) in [7, 11) is -3.80. The van der Waals surface area contributed by atoms with Crippen LogP contribution in [0.25, 0.3) is 0 Å². The SMILES string of the molecule is CCCCCCN(C(=O)c1ccccc1)S(=O)(=O)N(CCC)CCC. The van der Waals surface area contributed by atoms with E-state index in [0.717, 1.165) is 36.4 Å². The molecule has 0 heterocycles. The van der Waals surface area contributed by atoms with Gasteiger partial charge >= 0.3 is 10.2 Å². The number of benzene rings is 1. The van der Waals surface area contributed by atoms with Crippen molar-refractivity contribution in [3.8, 4) is 0 Å². The van der Waals surface area contributed by atoms with Crippen LogP contribution in [-0.2, 0) is 10.2 Å². The molecule has 0 aliphatic rings. The molecule has 0 fully saturated rings. The molecule has 1 aromatic carbocycles. The van der Waals surface area contributed by atoms with Crippen molar-refractivity contribution < 1.29 is 13.2 Å². The second-order valence-electron chi connectivity index (χ2n) is 6.21. The largest absolute Gasteiger partial charge is 0.306 e. The van der Waals surface area contributed by atoms with E-state index in [1.165, 1.54) is 4.31 Å². The lowest BCUT2D eigenvalue weighted by Crippen LogP contribution is -2.47. The molecule has 0 unspecified atom stereocenters. The molecule has 25 heavy (non-hydrogen) atoms. The summed E-state index contributed by atoms with van der Waals surface area (Å²) in [4.78, 5) is 12.9. The Bertz CT molecular complexity index is 596. The number of hydrogen-bond donors (Lipinski definition) is 0. The van der Waals surface area contributed by atoms with Gasteiger partial charge in [0.15, 0.2) is 0 Å². The lowest BCUT2D eigenvalue weighted by Gasteiger charge is -2.30. The molecule has 1 rings (SSSR count). The van der Waals surface area contributed by atoms with Crippen molar-refractivity contribution in [2.45, 2.75) is 59.3 Å². The normalized spacial score (nSPS) is 11.7. The number of carbonyl (C=O) groups is 1. The van der Waals surface area contributed by atoms with E-state index in [2.05, 4.69) is 6.92 Å². The third kappa shape index (κ3) is 6.44. The minimum atomic E-state index is -3.80. The van der Waals surface area contributed by atoms with Gasteiger partial charge in [-0.15, -0.1) is 0 Å². The number of carbonyl (C=O) groups excluding carboxylic acids is 1. The van der Waals surface area contributed by atoms with Crippen molar-refractivity contribution in [1.29, 1.82) is 0 Å². The molecule has 0 bridgehead atoms. The van der Waals surface area contributed by atoms with Gasteiger partial charge in [-0.25, -0.2) is 4.31 Å². The molecule has 0 aliphatic carbocycles. The molecule has 0 spiro atoms. The van der Waals surface area contributed by atoms with Gasteiger partial charge in [-0.3, -0.25) is 4.79 Å². The van der Waals surface area contributed by atoms with Gasteiger partial charge in [-0.1, -0.05) is 58.2 Å². The highest BCUT2D eigenvalue weighted by Gasteiger charge is 2.32. The summed E-state index contributed by atoms with van der Waals surface area (Å²) < 4.78 is 28.8. The molecule has 0 radical (unpaired) electrons. The van der Waals surface area contributed by atoms with E-state index in [-0.39, 0.29) is 6.54 Å². The highest BCUT2D eigenvalue weighted by atomic mass is 32.2. The van der Waals surface area contributed by atoms with Gasteiger partial charge in [0.2, 0.25) is 0 Å². The number of amides is 1. The van der Waals surface area contributed by atoms with E-state index in [4.69, 9.17) is 0 Å². The Hall–Kier alpha value is -1.40. The smallest absolute Gasteiger partial charge is 0.268 e. The lowest BCUT2D eigenvalue weighted by molar-refractivity contribution is 0.0851. The second kappa shape index (κ2) is 11.3. The molecule has 1 amide bonds. The summed E-state index contributed by atoms with van der Waals surface area (Å²) in [6.07, 6.45) is 5.17. The highest BCUT2D eigenvalue weighted by molar-refractivity contribution is 7.87. The molecule has 0 aromatic heterocycles. The summed E-state index contributed by atoms with van der Waals surface area (Å²) in [5.41, 5.74) is 0.412. The molecule has 0 atom stereocenters. The predicted molar refractivity (Wildman–Crippen MR) is 103 cm³/mol. The molecule has 142 valence electrons. The van der Waals surface area contributed by atoms with E-state index in [9.17, 15) is 13.2 Å². The fourth-order valence-electron chi connectivity index (χ4n) is 2.71. The Balaban J connectivity index is 3.08. The van der Waals surface area contributed by atoms with Gasteiger partial charge in [0.05, 0.1) is 0 Å². The monoisotopic (exact) mass is 368 g/mol. The van der Waals surface area contributed by atoms with Crippen LogP contribution in [0.15, 0.2) is 30.3 Å². The van der Waals surface area contributed by atoms with E-state index in [0.29, 0.717) is 25.1 Å². The van der Waals surface area contributed by atoms with Gasteiger partial charge in [0.1, 0.15) is 0 Å². The van der Waals surface area contributed by atoms with Crippen LogP contribution in [0.1, 0.15) is 69.7 Å². The maximum atomic E-state index is 13.1. The summed E-state index contributed by atoms with van der Waals surface area (Å²) in [5, 5.41) is 0. The summed E-state index contributed by atoms with van der Waals surface area (Å²) in [5.74, 6) is -0.436. The molecule has 6 heteroatoms. The van der Waals surface area contributed by atoms with Crippen LogP contribution in [0.4, 0.5) is 0 Å². The van der Waals surface area contributed by atoms with Crippen molar-refractivity contribution in [2.24, 2.45) is 0 Å². The molecule has 0 aliphatic heterocycles. The minimum absolute atomic E-state index is 0.236. The molecule has 0 N–H and O–H groups in total. The zero-order valence-electron chi connectivity index (χ0n) is 15.8. The average molecular weight is 369 g/mol. The van der Waals surface area contributed by atoms with Crippen molar-refractivity contribution in [3.63, 3.8) is 0 Å². The summed E-state index contributed by atoms with van der Waals surface area (Å²) in [6.45, 7) is 7.10. The van der Waals surface area contributed by atoms with Gasteiger partial charge in [0.25, 0.3) is 5.91 Å². The van der Waals surface area contributed by atoms with E-state index in [1.807, 2.05) is 19.9 Å². The fourth-order valence-corrected chi connectivity index (χ4v) is 4.49. The standard InChI is InChI=1S/C19H32N2O3S/c1-4-7-8-12-17-21(19(22)18-13-10-9-11-14-18)25(23,24)20(15-5-2)16-6-3/h9-11,13-14H,4-8,12,15-17H2,1-3H3. The van der Waals surface area contributed by atoms with E-state index < -0.39 is 16.1 Å². The Morgan fingerprint density at radius 2 is 1.44 bits per heavy atom. The first-order chi connectivity index (χ1) is 12.0. The van der Waals surface area contributed by atoms with Crippen LogP contribution in [0.2, 0.25) is 0 Å². The van der Waals surface area contributed by atoms with Gasteiger partial charge in [0, 0.05) is 25.2 Å². The quantitative estimate of drug-likeness (QED) is 0.522. The first-order valence-electron chi connectivity index (χ1n) is 9.36. The van der Waals surface area contributed by atoms with Gasteiger partial charge in [-0.05, 0) is 31.4 Å². The number of unbranched alkanes of at least 4 members (excludes halogenated alkanes) is 3. The third-order valence-electron chi connectivity index (χ3n) is 4.01. The predicted octanol–water partition coefficient (Wildman–Crippen LogP) is 4.08. The van der Waals surface area contributed by atoms with Crippen molar-refractivity contribution in [1.82, 2.24) is 8.61 Å². The molecule has 0 saturated heterocycles. The minimum Gasteiger partial charge on any atom is -0.268 e. The van der Waals surface area contributed by atoms with Crippen LogP contribution >= 0.6 is 0 Å². The lowest BCUT2D eigenvalue weighted by atomic mass is 10.2. The van der Waals surface area contributed by atoms with Crippen molar-refractivity contribution >= 4 is 16.1 Å². The zero-order valence-corrected chi connectivity index (χ0v) is 16.6. The molecule has 0 saturated carbocycles. The van der Waals surface area contributed by atoms with Gasteiger partial charge in [-0.2, -0.15) is 12.7 Å². The molecular formula is C19H32N2O3S. The van der Waals surface area contributed by atoms with Crippen molar-refractivity contribution in [2.75, 3.05) is 19.6 Å². The van der Waals surface area contributed by atoms with Crippen molar-refractivity contribution in [3.05, 3.63) is 35.9 Å². The van der Waals surface area contributed by atoms with Crippen LogP contribution in [0.3, 0.4) is 0 Å². The third-order valence-corrected chi connectivity index (χ3v) is 5.94. The second-order valence-corrected chi connectivity index (χ2v) is 8.06. The van der Waals surface area contributed by atoms with E-state index >= 15 is 0 Å². The number of nitrogens with zero attached hydrogens (tertiary/aromatic N) is 2. The number of hydrogen-bond acceptors (Lipinski definition) is 3. The number of rotatable bonds is 12. The van der Waals surface area contributed by atoms with Crippen LogP contribution < -0.4 is 0 Å². The fraction of sp³-hybridized carbons (Fsp3) is 0.632. The molecule has 1 aromatic rings. The van der Waals surface area contributed by atoms with Crippen LogP contribution in [0.5, 0.6) is 0 Å². The average Bonchev–Trinajstić information content (AvgIpc) is 2.61. The Morgan fingerprint density at radius 1 is 0.840 bits per heavy atom. The molecular weight excluding hydrogens is 336 g/mol. The Labute approximate surface area is 153 Å². The van der Waals surface area contributed by atoms with E-state index in [1.54, 1.807) is 24.3 Å². The van der Waals surface area contributed by atoms with Crippen LogP contribution in [-0.4, -0.2) is 42.6 Å². The summed E-state index contributed by atoms with van der Waals surface area (Å²) >= 11 is 0. The molecule has 5 nitrogen and oxygen atoms in total. The first kappa shape index (κ1) is 21.6. The Morgan fingerprint density at radius 3 is 1.96 bits per heavy atom. The van der Waals surface area contributed by atoms with Crippen LogP contribution in [0, 0.1) is 0 Å². The summed E-state index contributed by atoms with van der Waals surface area (Å²) in [6, 6.07) is 8.66. The Kier molecular flexibility index (Phi) is 9.75. The van der Waals surface area contributed by atoms with Gasteiger partial charge < -0.3 is 0 Å². The first-order valence-corrected chi connectivity index (χ1v) is 10.8.